The third kappa shape index (κ3) is 12.7. The number of nitrogens with one attached hydrogen (secondary N) is 3. The predicted octanol–water partition coefficient (Wildman–Crippen LogP) is 3.48. The van der Waals surface area contributed by atoms with Gasteiger partial charge in [0.05, 0.1) is 36.1 Å². The summed E-state index contributed by atoms with van der Waals surface area (Å²) in [5.41, 5.74) is 15.0. The van der Waals surface area contributed by atoms with Gasteiger partial charge >= 0.3 is 0 Å². The predicted molar refractivity (Wildman–Crippen MR) is 283 cm³/mol. The lowest BCUT2D eigenvalue weighted by Crippen LogP contribution is -2.49. The fourth-order valence-corrected chi connectivity index (χ4v) is 8.87. The lowest BCUT2D eigenvalue weighted by molar-refractivity contribution is -0.138. The van der Waals surface area contributed by atoms with Crippen LogP contribution in [0.25, 0.3) is 22.1 Å². The SMILES string of the molecule is CCn1nc(C)cc1C(=O)Nc1nc2cc(C(N)=O)cc(OC)c2n1C/C=C/Cn1c(NC(=O)c2cc(C)nn2CC)nc2cc(C(N)=O)cc(OCCCN(C)C(=O)[C@H](CC(C)C)NC(=O)CCN3C(=O)C=CC3=O)c21. The van der Waals surface area contributed by atoms with Gasteiger partial charge in [0.2, 0.25) is 35.5 Å². The molecule has 0 bridgehead atoms. The van der Waals surface area contributed by atoms with Crippen LogP contribution in [0.15, 0.2) is 60.7 Å². The van der Waals surface area contributed by atoms with Crippen molar-refractivity contribution in [3.63, 3.8) is 0 Å². The number of imidazole rings is 2. The fraction of sp³-hybridized carbons (Fsp3) is 0.385. The van der Waals surface area contributed by atoms with Gasteiger partial charge in [-0.2, -0.15) is 10.2 Å². The van der Waals surface area contributed by atoms with E-state index in [9.17, 15) is 38.4 Å². The van der Waals surface area contributed by atoms with Gasteiger partial charge in [-0.15, -0.1) is 0 Å². The van der Waals surface area contributed by atoms with Crippen LogP contribution in [-0.2, 0) is 45.4 Å². The first-order valence-electron chi connectivity index (χ1n) is 25.0. The summed E-state index contributed by atoms with van der Waals surface area (Å²) < 4.78 is 18.6. The van der Waals surface area contributed by atoms with Gasteiger partial charge in [0, 0.05) is 76.0 Å². The third-order valence-electron chi connectivity index (χ3n) is 12.5. The molecular weight excluding hydrogens is 995 g/mol. The average molecular weight is 1060 g/mol. The van der Waals surface area contributed by atoms with E-state index < -0.39 is 47.4 Å². The standard InChI is InChI=1S/C52H63N15O10/c1-9-66-37(23-30(5)60-66)48(73)58-51-56-34-25-32(46(53)71)27-39(76-8)44(34)64(51)18-11-12-19-65-45-35(57-52(65)59-49(74)38-24-31(6)61-67(38)10-2)26-33(47(54)72)28-40(45)77-21-13-17-62(7)50(75)36(22-29(3)4)55-41(68)16-20-63-42(69)14-15-43(63)70/h11-12,14-15,23-29,36H,9-10,13,16-22H2,1-8H3,(H2,53,71)(H2,54,72)(H,55,68)(H,56,58,73)(H,57,59,74)/b12-11+/t36-/m0/s1. The van der Waals surface area contributed by atoms with Crippen molar-refractivity contribution in [2.45, 2.75) is 93.0 Å². The first-order valence-corrected chi connectivity index (χ1v) is 25.0. The Kier molecular flexibility index (Phi) is 17.3. The Labute approximate surface area is 442 Å². The minimum atomic E-state index is -0.880. The molecule has 406 valence electrons. The number of ether oxygens (including phenoxy) is 2. The van der Waals surface area contributed by atoms with Crippen LogP contribution < -0.4 is 36.9 Å². The summed E-state index contributed by atoms with van der Waals surface area (Å²) in [5.74, 6) is -3.59. The molecule has 7 N–H and O–H groups in total. The molecule has 0 saturated heterocycles. The van der Waals surface area contributed by atoms with Crippen LogP contribution in [0.5, 0.6) is 11.5 Å². The Morgan fingerprint density at radius 3 is 1.70 bits per heavy atom. The van der Waals surface area contributed by atoms with Crippen LogP contribution in [-0.4, -0.2) is 136 Å². The van der Waals surface area contributed by atoms with Gasteiger partial charge in [-0.1, -0.05) is 26.0 Å². The molecule has 1 aliphatic rings. The van der Waals surface area contributed by atoms with Crippen LogP contribution in [0, 0.1) is 19.8 Å². The largest absolute Gasteiger partial charge is 0.494 e. The quantitative estimate of drug-likeness (QED) is 0.0312. The van der Waals surface area contributed by atoms with Crippen LogP contribution in [0.3, 0.4) is 0 Å². The van der Waals surface area contributed by atoms with E-state index in [1.54, 1.807) is 63.7 Å². The van der Waals surface area contributed by atoms with Crippen molar-refractivity contribution in [2.75, 3.05) is 44.5 Å². The van der Waals surface area contributed by atoms with E-state index in [2.05, 4.69) is 26.1 Å². The maximum absolute atomic E-state index is 14.0. The highest BCUT2D eigenvalue weighted by Gasteiger charge is 2.29. The van der Waals surface area contributed by atoms with E-state index in [4.69, 9.17) is 30.9 Å². The summed E-state index contributed by atoms with van der Waals surface area (Å²) in [6.45, 7) is 12.2. The molecule has 5 heterocycles. The Morgan fingerprint density at radius 2 is 1.23 bits per heavy atom. The van der Waals surface area contributed by atoms with Gasteiger partial charge in [-0.3, -0.25) is 63.3 Å². The van der Waals surface area contributed by atoms with E-state index in [0.717, 1.165) is 17.1 Å². The number of anilines is 2. The summed E-state index contributed by atoms with van der Waals surface area (Å²) in [6, 6.07) is 8.38. The fourth-order valence-electron chi connectivity index (χ4n) is 8.87. The zero-order valence-corrected chi connectivity index (χ0v) is 44.2. The first kappa shape index (κ1) is 55.6. The second kappa shape index (κ2) is 24.0. The minimum absolute atomic E-state index is 0.0276. The second-order valence-electron chi connectivity index (χ2n) is 18.7. The van der Waals surface area contributed by atoms with Crippen molar-refractivity contribution in [1.82, 2.24) is 53.8 Å². The molecule has 77 heavy (non-hydrogen) atoms. The zero-order chi connectivity index (χ0) is 55.8. The van der Waals surface area contributed by atoms with E-state index in [0.29, 0.717) is 59.6 Å². The number of primary amides is 2. The second-order valence-corrected chi connectivity index (χ2v) is 18.7. The lowest BCUT2D eigenvalue weighted by atomic mass is 10.0. The third-order valence-corrected chi connectivity index (χ3v) is 12.5. The molecule has 0 spiro atoms. The zero-order valence-electron chi connectivity index (χ0n) is 44.2. The van der Waals surface area contributed by atoms with Gasteiger partial charge in [0.1, 0.15) is 40.0 Å². The molecule has 1 aliphatic heterocycles. The summed E-state index contributed by atoms with van der Waals surface area (Å²) in [4.78, 5) is 116. The number of nitrogens with zero attached hydrogens (tertiary/aromatic N) is 10. The van der Waals surface area contributed by atoms with E-state index in [1.807, 2.05) is 27.7 Å². The van der Waals surface area contributed by atoms with Crippen LogP contribution in [0.4, 0.5) is 11.9 Å². The molecule has 7 rings (SSSR count). The molecule has 0 saturated carbocycles. The molecule has 6 aromatic rings. The summed E-state index contributed by atoms with van der Waals surface area (Å²) >= 11 is 0. The molecule has 0 aliphatic carbocycles. The van der Waals surface area contributed by atoms with Crippen molar-refractivity contribution < 1.29 is 47.8 Å². The Hall–Kier alpha value is -9.16. The number of aromatic nitrogens is 8. The highest BCUT2D eigenvalue weighted by molar-refractivity contribution is 6.13. The first-order chi connectivity index (χ1) is 36.7. The summed E-state index contributed by atoms with van der Waals surface area (Å²) in [6.07, 6.45) is 6.30. The molecular formula is C52H63N15O10. The van der Waals surface area contributed by atoms with E-state index >= 15 is 0 Å². The monoisotopic (exact) mass is 1060 g/mol. The number of benzene rings is 2. The van der Waals surface area contributed by atoms with Gasteiger partial charge < -0.3 is 40.3 Å². The number of carbonyl (C=O) groups excluding carboxylic acids is 8. The molecule has 0 unspecified atom stereocenters. The van der Waals surface area contributed by atoms with Crippen LogP contribution in [0.2, 0.25) is 0 Å². The average Bonchev–Trinajstić information content (AvgIpc) is 4.24. The van der Waals surface area contributed by atoms with Gasteiger partial charge in [-0.25, -0.2) is 9.97 Å². The molecule has 0 radical (unpaired) electrons. The Morgan fingerprint density at radius 1 is 0.740 bits per heavy atom. The Bertz CT molecular complexity index is 3340. The van der Waals surface area contributed by atoms with Gasteiger partial charge in [0.25, 0.3) is 23.6 Å². The Balaban J connectivity index is 1.17. The van der Waals surface area contributed by atoms with Crippen molar-refractivity contribution in [1.29, 1.82) is 0 Å². The number of imide groups is 1. The molecule has 8 amide bonds. The number of allylic oxidation sites excluding steroid dienone is 2. The van der Waals surface area contributed by atoms with Crippen molar-refractivity contribution >= 4 is 81.2 Å². The normalized spacial score (nSPS) is 12.8. The van der Waals surface area contributed by atoms with Crippen LogP contribution >= 0.6 is 0 Å². The maximum Gasteiger partial charge on any atom is 0.276 e. The number of nitrogens with two attached hydrogens (primary N) is 2. The lowest BCUT2D eigenvalue weighted by Gasteiger charge is -2.26. The number of aryl methyl sites for hydroxylation is 4. The number of likely N-dealkylation sites (N-methyl/N-ethyl adjacent to an activating group) is 1. The molecule has 4 aromatic heterocycles. The van der Waals surface area contributed by atoms with E-state index in [1.165, 1.54) is 36.3 Å². The number of amides is 8. The molecule has 2 aromatic carbocycles. The molecule has 1 atom stereocenters. The highest BCUT2D eigenvalue weighted by atomic mass is 16.5. The minimum Gasteiger partial charge on any atom is -0.494 e. The molecule has 25 nitrogen and oxygen atoms in total. The number of methoxy groups -OCH3 is 1. The topological polar surface area (TPSA) is 321 Å². The highest BCUT2D eigenvalue weighted by Crippen LogP contribution is 2.33. The molecule has 25 heteroatoms. The van der Waals surface area contributed by atoms with Gasteiger partial charge in [0.15, 0.2) is 0 Å². The summed E-state index contributed by atoms with van der Waals surface area (Å²) in [7, 11) is 3.03. The van der Waals surface area contributed by atoms with E-state index in [-0.39, 0.29) is 96.8 Å². The number of hydrogen-bond donors (Lipinski definition) is 5. The maximum atomic E-state index is 14.0. The van der Waals surface area contributed by atoms with Crippen LogP contribution in [0.1, 0.15) is 100 Å². The number of carbonyl (C=O) groups is 8. The van der Waals surface area contributed by atoms with Crippen molar-refractivity contribution in [3.05, 3.63) is 94.6 Å². The number of rotatable bonds is 25. The number of fused-ring (bicyclic) bond motifs is 2. The number of hydrogen-bond acceptors (Lipinski definition) is 14. The molecule has 0 fully saturated rings. The van der Waals surface area contributed by atoms with Crippen molar-refractivity contribution in [2.24, 2.45) is 17.4 Å². The van der Waals surface area contributed by atoms with Crippen molar-refractivity contribution in [3.8, 4) is 11.5 Å². The van der Waals surface area contributed by atoms with Gasteiger partial charge in [-0.05, 0) is 82.9 Å². The summed E-state index contributed by atoms with van der Waals surface area (Å²) in [5, 5.41) is 17.4. The smallest absolute Gasteiger partial charge is 0.276 e.